The molecule has 3 nitrogen and oxygen atoms in total. The summed E-state index contributed by atoms with van der Waals surface area (Å²) in [5.41, 5.74) is 4.24. The van der Waals surface area contributed by atoms with Crippen LogP contribution in [0.5, 0.6) is 5.75 Å². The normalized spacial score (nSPS) is 21.7. The van der Waals surface area contributed by atoms with Crippen LogP contribution in [0.25, 0.3) is 0 Å². The molecule has 1 N–H and O–H groups in total. The lowest BCUT2D eigenvalue weighted by molar-refractivity contribution is -0.122. The molecule has 0 unspecified atom stereocenters. The van der Waals surface area contributed by atoms with E-state index in [1.807, 2.05) is 0 Å². The fourth-order valence-corrected chi connectivity index (χ4v) is 4.20. The van der Waals surface area contributed by atoms with Gasteiger partial charge in [-0.3, -0.25) is 4.79 Å². The highest BCUT2D eigenvalue weighted by molar-refractivity contribution is 5.80. The molecule has 0 saturated heterocycles. The maximum absolute atomic E-state index is 11.9. The summed E-state index contributed by atoms with van der Waals surface area (Å²) in [4.78, 5) is 11.9. The molecule has 0 bridgehead atoms. The van der Waals surface area contributed by atoms with Crippen molar-refractivity contribution < 1.29 is 9.53 Å². The first kappa shape index (κ1) is 17.1. The summed E-state index contributed by atoms with van der Waals surface area (Å²) < 4.78 is 5.45. The van der Waals surface area contributed by atoms with E-state index in [1.54, 1.807) is 7.11 Å². The van der Waals surface area contributed by atoms with Gasteiger partial charge in [0.15, 0.2) is 0 Å². The van der Waals surface area contributed by atoms with E-state index in [0.29, 0.717) is 11.8 Å². The van der Waals surface area contributed by atoms with Crippen molar-refractivity contribution >= 4 is 5.91 Å². The van der Waals surface area contributed by atoms with Gasteiger partial charge in [-0.2, -0.15) is 0 Å². The van der Waals surface area contributed by atoms with Crippen LogP contribution in [0, 0.1) is 5.92 Å². The molecule has 2 aromatic carbocycles. The average Bonchev–Trinajstić information content (AvgIpc) is 3.53. The number of carbonyl (C=O) groups excluding carboxylic acids is 1. The Kier molecular flexibility index (Phi) is 4.96. The molecule has 2 aliphatic rings. The van der Waals surface area contributed by atoms with Crippen LogP contribution < -0.4 is 10.1 Å². The highest BCUT2D eigenvalue weighted by Gasteiger charge is 2.31. The second-order valence-corrected chi connectivity index (χ2v) is 7.66. The number of hydrogen-bond donors (Lipinski definition) is 1. The quantitative estimate of drug-likeness (QED) is 0.838. The van der Waals surface area contributed by atoms with Crippen molar-refractivity contribution in [3.8, 4) is 5.75 Å². The van der Waals surface area contributed by atoms with Crippen LogP contribution >= 0.6 is 0 Å². The van der Waals surface area contributed by atoms with E-state index in [4.69, 9.17) is 4.74 Å². The fourth-order valence-electron chi connectivity index (χ4n) is 4.20. The van der Waals surface area contributed by atoms with E-state index in [9.17, 15) is 4.79 Å². The molecule has 2 aromatic rings. The van der Waals surface area contributed by atoms with E-state index < -0.39 is 0 Å². The maximum Gasteiger partial charge on any atom is 0.223 e. The maximum atomic E-state index is 11.9. The predicted molar refractivity (Wildman–Crippen MR) is 104 cm³/mol. The van der Waals surface area contributed by atoms with Gasteiger partial charge in [0.05, 0.1) is 7.11 Å². The zero-order valence-electron chi connectivity index (χ0n) is 15.4. The minimum atomic E-state index is 0.242. The van der Waals surface area contributed by atoms with Gasteiger partial charge in [-0.1, -0.05) is 36.4 Å². The zero-order valence-corrected chi connectivity index (χ0v) is 15.4. The molecule has 0 spiro atoms. The van der Waals surface area contributed by atoms with Crippen LogP contribution in [0.1, 0.15) is 54.2 Å². The summed E-state index contributed by atoms with van der Waals surface area (Å²) >= 11 is 0. The Hall–Kier alpha value is -2.29. The van der Waals surface area contributed by atoms with Crippen LogP contribution in [0.3, 0.4) is 0 Å². The Morgan fingerprint density at radius 3 is 2.69 bits per heavy atom. The third kappa shape index (κ3) is 3.77. The Bertz CT molecular complexity index is 767. The van der Waals surface area contributed by atoms with Gasteiger partial charge in [-0.25, -0.2) is 0 Å². The van der Waals surface area contributed by atoms with Gasteiger partial charge in [0, 0.05) is 12.5 Å². The Morgan fingerprint density at radius 2 is 1.96 bits per heavy atom. The summed E-state index contributed by atoms with van der Waals surface area (Å²) in [6, 6.07) is 17.3. The minimum absolute atomic E-state index is 0.242. The van der Waals surface area contributed by atoms with Gasteiger partial charge in [0.2, 0.25) is 5.91 Å². The number of benzene rings is 2. The van der Waals surface area contributed by atoms with Crippen LogP contribution in [0.4, 0.5) is 0 Å². The van der Waals surface area contributed by atoms with Crippen LogP contribution in [0.15, 0.2) is 48.5 Å². The number of methoxy groups -OCH3 is 1. The molecule has 2 aliphatic carbocycles. The molecule has 0 heterocycles. The number of ether oxygens (including phenoxy) is 1. The molecule has 0 radical (unpaired) electrons. The Balaban J connectivity index is 1.52. The van der Waals surface area contributed by atoms with Gasteiger partial charge < -0.3 is 10.1 Å². The molecule has 2 atom stereocenters. The van der Waals surface area contributed by atoms with Crippen molar-refractivity contribution in [2.75, 3.05) is 13.7 Å². The summed E-state index contributed by atoms with van der Waals surface area (Å²) in [5, 5.41) is 3.14. The summed E-state index contributed by atoms with van der Waals surface area (Å²) in [6.45, 7) is 0.762. The predicted octanol–water partition coefficient (Wildman–Crippen LogP) is 4.43. The zero-order chi connectivity index (χ0) is 17.9. The van der Waals surface area contributed by atoms with E-state index in [2.05, 4.69) is 53.8 Å². The molecular formula is C23H27NO2. The number of nitrogens with one attached hydrogen (secondary N) is 1. The molecule has 1 saturated carbocycles. The highest BCUT2D eigenvalue weighted by atomic mass is 16.5. The number of amides is 1. The summed E-state index contributed by atoms with van der Waals surface area (Å²) in [6.07, 6.45) is 5.32. The van der Waals surface area contributed by atoms with E-state index >= 15 is 0 Å². The SMILES string of the molecule is COc1ccc2c(c1)[C@H](CCNC(=O)C1CC1)C[C@H](c1ccccc1)C2. The summed E-state index contributed by atoms with van der Waals surface area (Å²) in [7, 11) is 1.72. The molecule has 136 valence electrons. The highest BCUT2D eigenvalue weighted by Crippen LogP contribution is 2.42. The fraction of sp³-hybridized carbons (Fsp3) is 0.435. The van der Waals surface area contributed by atoms with E-state index in [1.165, 1.54) is 16.7 Å². The molecule has 3 heteroatoms. The molecule has 0 aliphatic heterocycles. The lowest BCUT2D eigenvalue weighted by atomic mass is 9.73. The largest absolute Gasteiger partial charge is 0.497 e. The van der Waals surface area contributed by atoms with Gasteiger partial charge in [-0.15, -0.1) is 0 Å². The first-order chi connectivity index (χ1) is 12.7. The molecular weight excluding hydrogens is 322 g/mol. The van der Waals surface area contributed by atoms with E-state index in [-0.39, 0.29) is 11.8 Å². The standard InChI is InChI=1S/C23H27NO2/c1-26-21-10-9-18-13-20(16-5-3-2-4-6-16)14-19(22(18)15-21)11-12-24-23(25)17-7-8-17/h2-6,9-10,15,17,19-20H,7-8,11-14H2,1H3,(H,24,25)/t19-,20-/m1/s1. The van der Waals surface area contributed by atoms with Crippen LogP contribution in [0.2, 0.25) is 0 Å². The lowest BCUT2D eigenvalue weighted by Gasteiger charge is -2.32. The van der Waals surface area contributed by atoms with Crippen molar-refractivity contribution in [3.05, 3.63) is 65.2 Å². The number of fused-ring (bicyclic) bond motifs is 1. The molecule has 1 fully saturated rings. The van der Waals surface area contributed by atoms with Gasteiger partial charge in [-0.05, 0) is 72.8 Å². The van der Waals surface area contributed by atoms with E-state index in [0.717, 1.165) is 44.4 Å². The molecule has 4 rings (SSSR count). The first-order valence-electron chi connectivity index (χ1n) is 9.74. The second-order valence-electron chi connectivity index (χ2n) is 7.66. The number of rotatable bonds is 6. The average molecular weight is 349 g/mol. The monoisotopic (exact) mass is 349 g/mol. The Labute approximate surface area is 155 Å². The topological polar surface area (TPSA) is 38.3 Å². The first-order valence-corrected chi connectivity index (χ1v) is 9.74. The van der Waals surface area contributed by atoms with Gasteiger partial charge in [0.1, 0.15) is 5.75 Å². The summed E-state index contributed by atoms with van der Waals surface area (Å²) in [5.74, 6) is 2.45. The third-order valence-electron chi connectivity index (χ3n) is 5.84. The number of hydrogen-bond acceptors (Lipinski definition) is 2. The van der Waals surface area contributed by atoms with Crippen LogP contribution in [-0.4, -0.2) is 19.6 Å². The Morgan fingerprint density at radius 1 is 1.15 bits per heavy atom. The molecule has 26 heavy (non-hydrogen) atoms. The van der Waals surface area contributed by atoms with Crippen molar-refractivity contribution in [1.82, 2.24) is 5.32 Å². The van der Waals surface area contributed by atoms with Crippen LogP contribution in [-0.2, 0) is 11.2 Å². The number of carbonyl (C=O) groups is 1. The van der Waals surface area contributed by atoms with Crippen molar-refractivity contribution in [2.24, 2.45) is 5.92 Å². The smallest absolute Gasteiger partial charge is 0.223 e. The lowest BCUT2D eigenvalue weighted by Crippen LogP contribution is -2.28. The molecule has 1 amide bonds. The minimum Gasteiger partial charge on any atom is -0.497 e. The van der Waals surface area contributed by atoms with Gasteiger partial charge >= 0.3 is 0 Å². The third-order valence-corrected chi connectivity index (χ3v) is 5.84. The van der Waals surface area contributed by atoms with Gasteiger partial charge in [0.25, 0.3) is 0 Å². The van der Waals surface area contributed by atoms with Crippen molar-refractivity contribution in [1.29, 1.82) is 0 Å². The van der Waals surface area contributed by atoms with Crippen molar-refractivity contribution in [2.45, 2.75) is 43.9 Å². The molecule has 0 aromatic heterocycles. The second kappa shape index (κ2) is 7.53. The van der Waals surface area contributed by atoms with Crippen molar-refractivity contribution in [3.63, 3.8) is 0 Å².